The Labute approximate surface area is 116 Å². The number of hydrogen-bond donors (Lipinski definition) is 0. The van der Waals surface area contributed by atoms with Gasteiger partial charge < -0.3 is 4.43 Å². The molecule has 0 saturated heterocycles. The molecule has 0 radical (unpaired) electrons. The van der Waals surface area contributed by atoms with Crippen LogP contribution >= 0.6 is 22.6 Å². The molecule has 0 aliphatic carbocycles. The van der Waals surface area contributed by atoms with Crippen LogP contribution in [-0.2, 0) is 4.43 Å². The summed E-state index contributed by atoms with van der Waals surface area (Å²) in [6.45, 7) is 7.94. The standard InChI is InChI=1S/C13H27IOSi/c1-4-5-13-16(2,3)15-12-10-8-6-7-9-11-14/h9,11H,4-8,10,12-13H2,1-3H3. The zero-order valence-electron chi connectivity index (χ0n) is 11.1. The molecule has 0 aromatic rings. The van der Waals surface area contributed by atoms with Gasteiger partial charge in [-0.05, 0) is 42.5 Å². The molecule has 0 aliphatic rings. The molecule has 0 N–H and O–H groups in total. The van der Waals surface area contributed by atoms with E-state index in [9.17, 15) is 0 Å². The Bertz CT molecular complexity index is 181. The maximum absolute atomic E-state index is 6.06. The van der Waals surface area contributed by atoms with E-state index >= 15 is 0 Å². The van der Waals surface area contributed by atoms with Crippen LogP contribution in [0.15, 0.2) is 10.2 Å². The minimum atomic E-state index is -1.31. The first-order valence-corrected chi connectivity index (χ1v) is 10.9. The predicted molar refractivity (Wildman–Crippen MR) is 84.8 cm³/mol. The second-order valence-corrected chi connectivity index (χ2v) is 9.95. The highest BCUT2D eigenvalue weighted by Gasteiger charge is 2.20. The fourth-order valence-corrected chi connectivity index (χ4v) is 4.03. The molecular formula is C13H27IOSi. The maximum Gasteiger partial charge on any atom is 0.186 e. The molecule has 96 valence electrons. The van der Waals surface area contributed by atoms with Crippen molar-refractivity contribution >= 4 is 30.9 Å². The molecule has 1 nitrogen and oxygen atoms in total. The average molecular weight is 354 g/mol. The van der Waals surface area contributed by atoms with Gasteiger partial charge in [0.25, 0.3) is 0 Å². The van der Waals surface area contributed by atoms with Crippen molar-refractivity contribution in [3.63, 3.8) is 0 Å². The molecule has 0 aliphatic heterocycles. The zero-order chi connectivity index (χ0) is 12.3. The van der Waals surface area contributed by atoms with E-state index in [1.807, 2.05) is 0 Å². The van der Waals surface area contributed by atoms with Crippen LogP contribution in [0.1, 0.15) is 45.4 Å². The van der Waals surface area contributed by atoms with Crippen molar-refractivity contribution in [1.82, 2.24) is 0 Å². The van der Waals surface area contributed by atoms with Crippen molar-refractivity contribution in [2.75, 3.05) is 6.61 Å². The third-order valence-electron chi connectivity index (χ3n) is 2.73. The van der Waals surface area contributed by atoms with Gasteiger partial charge in [0.15, 0.2) is 8.32 Å². The van der Waals surface area contributed by atoms with Gasteiger partial charge in [0.05, 0.1) is 0 Å². The van der Waals surface area contributed by atoms with E-state index in [-0.39, 0.29) is 0 Å². The van der Waals surface area contributed by atoms with Crippen molar-refractivity contribution in [2.45, 2.75) is 64.6 Å². The van der Waals surface area contributed by atoms with Crippen LogP contribution in [0.2, 0.25) is 19.1 Å². The van der Waals surface area contributed by atoms with Crippen LogP contribution in [0.25, 0.3) is 0 Å². The summed E-state index contributed by atoms with van der Waals surface area (Å²) in [7, 11) is -1.31. The van der Waals surface area contributed by atoms with Gasteiger partial charge in [0, 0.05) is 6.61 Å². The number of allylic oxidation sites excluding steroid dienone is 1. The first kappa shape index (κ1) is 16.6. The minimum absolute atomic E-state index is 0.983. The number of unbranched alkanes of at least 4 members (excludes halogenated alkanes) is 4. The molecule has 0 aromatic heterocycles. The maximum atomic E-state index is 6.06. The minimum Gasteiger partial charge on any atom is -0.417 e. The molecule has 0 amide bonds. The molecule has 0 saturated carbocycles. The van der Waals surface area contributed by atoms with E-state index in [1.165, 1.54) is 44.6 Å². The summed E-state index contributed by atoms with van der Waals surface area (Å²) in [5.74, 6) is 0. The lowest BCUT2D eigenvalue weighted by Crippen LogP contribution is -2.30. The Hall–Kier alpha value is 0.647. The van der Waals surface area contributed by atoms with E-state index in [4.69, 9.17) is 4.43 Å². The number of hydrogen-bond acceptors (Lipinski definition) is 1. The topological polar surface area (TPSA) is 9.23 Å². The highest BCUT2D eigenvalue weighted by Crippen LogP contribution is 2.15. The monoisotopic (exact) mass is 354 g/mol. The smallest absolute Gasteiger partial charge is 0.186 e. The van der Waals surface area contributed by atoms with Crippen LogP contribution in [0.5, 0.6) is 0 Å². The summed E-state index contributed by atoms with van der Waals surface area (Å²) in [6.07, 6.45) is 9.93. The molecule has 0 spiro atoms. The van der Waals surface area contributed by atoms with Gasteiger partial charge >= 0.3 is 0 Å². The van der Waals surface area contributed by atoms with Crippen molar-refractivity contribution in [3.8, 4) is 0 Å². The van der Waals surface area contributed by atoms with Gasteiger partial charge in [-0.2, -0.15) is 0 Å². The lowest BCUT2D eigenvalue weighted by molar-refractivity contribution is 0.294. The number of halogens is 1. The molecule has 0 fully saturated rings. The van der Waals surface area contributed by atoms with Crippen molar-refractivity contribution in [1.29, 1.82) is 0 Å². The normalized spacial score (nSPS) is 12.5. The Morgan fingerprint density at radius 1 is 1.12 bits per heavy atom. The van der Waals surface area contributed by atoms with Crippen LogP contribution in [-0.4, -0.2) is 14.9 Å². The average Bonchev–Trinajstić information content (AvgIpc) is 2.25. The van der Waals surface area contributed by atoms with Crippen molar-refractivity contribution in [2.24, 2.45) is 0 Å². The highest BCUT2D eigenvalue weighted by molar-refractivity contribution is 14.1. The summed E-state index contributed by atoms with van der Waals surface area (Å²) < 4.78 is 8.16. The third kappa shape index (κ3) is 11.1. The Morgan fingerprint density at radius 2 is 1.88 bits per heavy atom. The molecule has 0 heterocycles. The molecule has 3 heteroatoms. The molecule has 0 aromatic carbocycles. The second kappa shape index (κ2) is 10.8. The SMILES string of the molecule is CCCC[Si](C)(C)OCCCCCC=CI. The summed E-state index contributed by atoms with van der Waals surface area (Å²) in [6, 6.07) is 1.32. The van der Waals surface area contributed by atoms with Gasteiger partial charge in [-0.3, -0.25) is 0 Å². The molecule has 0 bridgehead atoms. The summed E-state index contributed by atoms with van der Waals surface area (Å²) in [5, 5.41) is 0. The van der Waals surface area contributed by atoms with E-state index in [1.54, 1.807) is 0 Å². The van der Waals surface area contributed by atoms with E-state index < -0.39 is 8.32 Å². The van der Waals surface area contributed by atoms with Gasteiger partial charge in [-0.25, -0.2) is 0 Å². The van der Waals surface area contributed by atoms with E-state index in [0.29, 0.717) is 0 Å². The van der Waals surface area contributed by atoms with Crippen LogP contribution in [0.4, 0.5) is 0 Å². The largest absolute Gasteiger partial charge is 0.417 e. The van der Waals surface area contributed by atoms with Gasteiger partial charge in [0.1, 0.15) is 0 Å². The zero-order valence-corrected chi connectivity index (χ0v) is 14.3. The van der Waals surface area contributed by atoms with Crippen LogP contribution in [0, 0.1) is 0 Å². The van der Waals surface area contributed by atoms with Crippen LogP contribution < -0.4 is 0 Å². The lowest BCUT2D eigenvalue weighted by atomic mass is 10.2. The fraction of sp³-hybridized carbons (Fsp3) is 0.846. The highest BCUT2D eigenvalue weighted by atomic mass is 127. The number of rotatable bonds is 10. The second-order valence-electron chi connectivity index (χ2n) is 4.92. The van der Waals surface area contributed by atoms with Gasteiger partial charge in [-0.1, -0.05) is 54.9 Å². The van der Waals surface area contributed by atoms with E-state index in [0.717, 1.165) is 6.61 Å². The quantitative estimate of drug-likeness (QED) is 0.285. The first-order chi connectivity index (χ1) is 7.62. The van der Waals surface area contributed by atoms with Crippen LogP contribution in [0.3, 0.4) is 0 Å². The fourth-order valence-electron chi connectivity index (χ4n) is 1.63. The molecule has 0 atom stereocenters. The Morgan fingerprint density at radius 3 is 2.50 bits per heavy atom. The molecule has 0 rings (SSSR count). The van der Waals surface area contributed by atoms with Gasteiger partial charge in [0.2, 0.25) is 0 Å². The predicted octanol–water partition coefficient (Wildman–Crippen LogP) is 5.52. The summed E-state index contributed by atoms with van der Waals surface area (Å²) in [5.41, 5.74) is 0. The summed E-state index contributed by atoms with van der Waals surface area (Å²) >= 11 is 2.28. The van der Waals surface area contributed by atoms with Crippen molar-refractivity contribution < 1.29 is 4.43 Å². The van der Waals surface area contributed by atoms with Gasteiger partial charge in [-0.15, -0.1) is 0 Å². The molecular weight excluding hydrogens is 327 g/mol. The Balaban J connectivity index is 3.35. The molecule has 0 unspecified atom stereocenters. The van der Waals surface area contributed by atoms with E-state index in [2.05, 4.69) is 52.8 Å². The Kier molecular flexibility index (Phi) is 11.2. The first-order valence-electron chi connectivity index (χ1n) is 6.51. The third-order valence-corrected chi connectivity index (χ3v) is 5.78. The lowest BCUT2D eigenvalue weighted by Gasteiger charge is -2.22. The van der Waals surface area contributed by atoms with Crippen molar-refractivity contribution in [3.05, 3.63) is 10.2 Å². The molecule has 16 heavy (non-hydrogen) atoms. The summed E-state index contributed by atoms with van der Waals surface area (Å²) in [4.78, 5) is 0.